The average Bonchev–Trinajstić information content (AvgIpc) is 2.64. The number of halogens is 1. The Hall–Kier alpha value is -2.93. The number of methoxy groups -OCH3 is 1. The third-order valence-electron chi connectivity index (χ3n) is 3.41. The molecule has 0 unspecified atom stereocenters. The fraction of sp³-hybridized carbons (Fsp3) is 0.222. The molecule has 0 spiro atoms. The van der Waals surface area contributed by atoms with E-state index in [1.807, 2.05) is 6.92 Å². The minimum absolute atomic E-state index is 0.293. The summed E-state index contributed by atoms with van der Waals surface area (Å²) in [6.45, 7) is 2.26. The predicted molar refractivity (Wildman–Crippen MR) is 102 cm³/mol. The molecule has 0 bridgehead atoms. The highest BCUT2D eigenvalue weighted by Crippen LogP contribution is 2.36. The van der Waals surface area contributed by atoms with E-state index in [-0.39, 0.29) is 11.9 Å². The minimum atomic E-state index is -0.347. The molecular formula is C18H20ClN3O4. The van der Waals surface area contributed by atoms with E-state index in [0.29, 0.717) is 40.1 Å². The van der Waals surface area contributed by atoms with Gasteiger partial charge >= 0.3 is 6.03 Å². The standard InChI is InChI=1S/C18H20ClN3O4/c1-4-26-16-14(19)9-11(10-15(16)25-3)17(23)21-12-5-7-13(8-6-12)22-18(24)20-2/h5-10H,4H2,1-3H3,(H,21,23)(H2,20,22,24). The highest BCUT2D eigenvalue weighted by Gasteiger charge is 2.16. The number of rotatable bonds is 6. The highest BCUT2D eigenvalue weighted by molar-refractivity contribution is 6.32. The molecule has 0 atom stereocenters. The number of carbonyl (C=O) groups is 2. The van der Waals surface area contributed by atoms with Gasteiger partial charge in [-0.2, -0.15) is 0 Å². The van der Waals surface area contributed by atoms with Crippen molar-refractivity contribution in [2.75, 3.05) is 31.4 Å². The van der Waals surface area contributed by atoms with Crippen molar-refractivity contribution in [3.63, 3.8) is 0 Å². The van der Waals surface area contributed by atoms with E-state index < -0.39 is 0 Å². The van der Waals surface area contributed by atoms with Gasteiger partial charge in [0.2, 0.25) is 0 Å². The molecule has 2 aromatic rings. The van der Waals surface area contributed by atoms with Gasteiger partial charge in [-0.15, -0.1) is 0 Å². The van der Waals surface area contributed by atoms with Crippen molar-refractivity contribution >= 4 is 34.9 Å². The van der Waals surface area contributed by atoms with Gasteiger partial charge in [0.05, 0.1) is 18.7 Å². The van der Waals surface area contributed by atoms with Gasteiger partial charge in [-0.1, -0.05) is 11.6 Å². The maximum Gasteiger partial charge on any atom is 0.318 e. The predicted octanol–water partition coefficient (Wildman–Crippen LogP) is 3.75. The van der Waals surface area contributed by atoms with E-state index >= 15 is 0 Å². The molecule has 26 heavy (non-hydrogen) atoms. The largest absolute Gasteiger partial charge is 0.493 e. The first kappa shape index (κ1) is 19.4. The number of hydrogen-bond acceptors (Lipinski definition) is 4. The monoisotopic (exact) mass is 377 g/mol. The van der Waals surface area contributed by atoms with Crippen LogP contribution in [0.5, 0.6) is 11.5 Å². The zero-order valence-corrected chi connectivity index (χ0v) is 15.4. The van der Waals surface area contributed by atoms with Crippen molar-refractivity contribution < 1.29 is 19.1 Å². The number of amides is 3. The smallest absolute Gasteiger partial charge is 0.318 e. The molecule has 0 aliphatic heterocycles. The number of ether oxygens (including phenoxy) is 2. The van der Waals surface area contributed by atoms with Crippen molar-refractivity contribution in [1.29, 1.82) is 0 Å². The number of anilines is 2. The lowest BCUT2D eigenvalue weighted by Crippen LogP contribution is -2.24. The van der Waals surface area contributed by atoms with Crippen molar-refractivity contribution in [3.8, 4) is 11.5 Å². The Bertz CT molecular complexity index is 794. The number of hydrogen-bond donors (Lipinski definition) is 3. The van der Waals surface area contributed by atoms with Crippen molar-refractivity contribution in [2.24, 2.45) is 0 Å². The van der Waals surface area contributed by atoms with Crippen molar-refractivity contribution in [2.45, 2.75) is 6.92 Å². The van der Waals surface area contributed by atoms with Gasteiger partial charge in [-0.25, -0.2) is 4.79 Å². The van der Waals surface area contributed by atoms with Gasteiger partial charge in [0, 0.05) is 24.0 Å². The minimum Gasteiger partial charge on any atom is -0.493 e. The summed E-state index contributed by atoms with van der Waals surface area (Å²) >= 11 is 6.19. The summed E-state index contributed by atoms with van der Waals surface area (Å²) in [6.07, 6.45) is 0. The molecular weight excluding hydrogens is 358 g/mol. The van der Waals surface area contributed by atoms with Crippen LogP contribution in [0.15, 0.2) is 36.4 Å². The summed E-state index contributed by atoms with van der Waals surface area (Å²) in [4.78, 5) is 23.7. The molecule has 0 aliphatic rings. The third-order valence-corrected chi connectivity index (χ3v) is 3.69. The summed E-state index contributed by atoms with van der Waals surface area (Å²) in [6, 6.07) is 9.47. The summed E-state index contributed by atoms with van der Waals surface area (Å²) in [7, 11) is 3.01. The first-order chi connectivity index (χ1) is 12.5. The Morgan fingerprint density at radius 3 is 2.23 bits per heavy atom. The maximum atomic E-state index is 12.5. The normalized spacial score (nSPS) is 10.0. The first-order valence-electron chi connectivity index (χ1n) is 7.89. The lowest BCUT2D eigenvalue weighted by molar-refractivity contribution is 0.102. The molecule has 8 heteroatoms. The van der Waals surface area contributed by atoms with Gasteiger partial charge in [-0.05, 0) is 43.3 Å². The van der Waals surface area contributed by atoms with E-state index in [9.17, 15) is 9.59 Å². The lowest BCUT2D eigenvalue weighted by atomic mass is 10.1. The van der Waals surface area contributed by atoms with Crippen molar-refractivity contribution in [1.82, 2.24) is 5.32 Å². The van der Waals surface area contributed by atoms with E-state index in [4.69, 9.17) is 21.1 Å². The fourth-order valence-electron chi connectivity index (χ4n) is 2.17. The summed E-state index contributed by atoms with van der Waals surface area (Å²) < 4.78 is 10.7. The van der Waals surface area contributed by atoms with Gasteiger partial charge in [-0.3, -0.25) is 4.79 Å². The number of benzene rings is 2. The molecule has 0 heterocycles. The topological polar surface area (TPSA) is 88.7 Å². The Balaban J connectivity index is 2.14. The fourth-order valence-corrected chi connectivity index (χ4v) is 2.43. The zero-order chi connectivity index (χ0) is 19.1. The molecule has 2 rings (SSSR count). The van der Waals surface area contributed by atoms with Crippen LogP contribution in [0.25, 0.3) is 0 Å². The molecule has 0 fully saturated rings. The Labute approximate surface area is 156 Å². The van der Waals surface area contributed by atoms with Crippen LogP contribution in [0.4, 0.5) is 16.2 Å². The molecule has 138 valence electrons. The van der Waals surface area contributed by atoms with Gasteiger partial charge in [0.25, 0.3) is 5.91 Å². The maximum absolute atomic E-state index is 12.5. The van der Waals surface area contributed by atoms with Crippen LogP contribution in [0.3, 0.4) is 0 Å². The Kier molecular flexibility index (Phi) is 6.68. The van der Waals surface area contributed by atoms with Crippen LogP contribution in [0, 0.1) is 0 Å². The second-order valence-electron chi connectivity index (χ2n) is 5.16. The van der Waals surface area contributed by atoms with Crippen LogP contribution in [-0.2, 0) is 0 Å². The summed E-state index contributed by atoms with van der Waals surface area (Å²) in [5.41, 5.74) is 1.51. The van der Waals surface area contributed by atoms with Crippen LogP contribution < -0.4 is 25.4 Å². The summed E-state index contributed by atoms with van der Waals surface area (Å²) in [5.74, 6) is 0.438. The molecule has 0 radical (unpaired) electrons. The summed E-state index contributed by atoms with van der Waals surface area (Å²) in [5, 5.41) is 8.14. The molecule has 0 saturated heterocycles. The molecule has 0 aliphatic carbocycles. The molecule has 2 aromatic carbocycles. The van der Waals surface area contributed by atoms with Crippen LogP contribution in [0.2, 0.25) is 5.02 Å². The second kappa shape index (κ2) is 8.96. The molecule has 0 saturated carbocycles. The molecule has 3 amide bonds. The van der Waals surface area contributed by atoms with E-state index in [2.05, 4.69) is 16.0 Å². The third kappa shape index (κ3) is 4.80. The second-order valence-corrected chi connectivity index (χ2v) is 5.57. The van der Waals surface area contributed by atoms with Crippen molar-refractivity contribution in [3.05, 3.63) is 47.0 Å². The Morgan fingerprint density at radius 1 is 1.08 bits per heavy atom. The zero-order valence-electron chi connectivity index (χ0n) is 14.7. The van der Waals surface area contributed by atoms with E-state index in [0.717, 1.165) is 0 Å². The SMILES string of the molecule is CCOc1c(Cl)cc(C(=O)Nc2ccc(NC(=O)NC)cc2)cc1OC. The molecule has 0 aromatic heterocycles. The van der Waals surface area contributed by atoms with Crippen LogP contribution in [0.1, 0.15) is 17.3 Å². The quantitative estimate of drug-likeness (QED) is 0.715. The van der Waals surface area contributed by atoms with E-state index in [1.165, 1.54) is 20.2 Å². The Morgan fingerprint density at radius 2 is 1.69 bits per heavy atom. The van der Waals surface area contributed by atoms with Gasteiger partial charge < -0.3 is 25.4 Å². The number of carbonyl (C=O) groups excluding carboxylic acids is 2. The van der Waals surface area contributed by atoms with Crippen LogP contribution >= 0.6 is 11.6 Å². The highest BCUT2D eigenvalue weighted by atomic mass is 35.5. The average molecular weight is 378 g/mol. The van der Waals surface area contributed by atoms with Gasteiger partial charge in [0.15, 0.2) is 11.5 Å². The number of nitrogens with one attached hydrogen (secondary N) is 3. The van der Waals surface area contributed by atoms with Gasteiger partial charge in [0.1, 0.15) is 0 Å². The number of urea groups is 1. The van der Waals surface area contributed by atoms with E-state index in [1.54, 1.807) is 30.3 Å². The lowest BCUT2D eigenvalue weighted by Gasteiger charge is -2.13. The first-order valence-corrected chi connectivity index (χ1v) is 8.26. The van der Waals surface area contributed by atoms with Crippen LogP contribution in [-0.4, -0.2) is 32.7 Å². The molecule has 3 N–H and O–H groups in total. The molecule has 7 nitrogen and oxygen atoms in total.